The van der Waals surface area contributed by atoms with Crippen LogP contribution in [0.1, 0.15) is 26.5 Å². The van der Waals surface area contributed by atoms with E-state index in [0.717, 1.165) is 6.42 Å². The van der Waals surface area contributed by atoms with E-state index in [0.29, 0.717) is 5.41 Å². The van der Waals surface area contributed by atoms with E-state index in [2.05, 4.69) is 42.3 Å². The number of hydrogen-bond acceptors (Lipinski definition) is 1. The molecule has 0 radical (unpaired) electrons. The van der Waals surface area contributed by atoms with Gasteiger partial charge in [0.1, 0.15) is 0 Å². The predicted molar refractivity (Wildman–Crippen MR) is 58.4 cm³/mol. The van der Waals surface area contributed by atoms with Crippen LogP contribution in [-0.2, 0) is 6.42 Å². The Bertz CT molecular complexity index is 435. The second kappa shape index (κ2) is 3.12. The van der Waals surface area contributed by atoms with Gasteiger partial charge in [-0.25, -0.2) is 4.98 Å². The lowest BCUT2D eigenvalue weighted by Gasteiger charge is -2.16. The number of fused-ring (bicyclic) bond motifs is 1. The normalized spacial score (nSPS) is 12.2. The standard InChI is InChI=1S/C12H16N2/c1-12(2,3)8-10-11-6-4-5-7-14(11)9-13-10/h4-7,9H,8H2,1-3H3. The number of aromatic nitrogens is 2. The van der Waals surface area contributed by atoms with Crippen LogP contribution in [0.4, 0.5) is 0 Å². The van der Waals surface area contributed by atoms with Crippen molar-refractivity contribution >= 4 is 5.52 Å². The minimum absolute atomic E-state index is 0.296. The van der Waals surface area contributed by atoms with Gasteiger partial charge in [-0.15, -0.1) is 0 Å². The van der Waals surface area contributed by atoms with Crippen LogP contribution in [-0.4, -0.2) is 9.38 Å². The Labute approximate surface area is 84.6 Å². The van der Waals surface area contributed by atoms with E-state index in [1.54, 1.807) is 0 Å². The average Bonchev–Trinajstić information content (AvgIpc) is 2.47. The van der Waals surface area contributed by atoms with Gasteiger partial charge in [-0.05, 0) is 24.0 Å². The van der Waals surface area contributed by atoms with Crippen molar-refractivity contribution in [2.45, 2.75) is 27.2 Å². The molecule has 2 heteroatoms. The molecule has 0 saturated carbocycles. The molecule has 2 aromatic heterocycles. The summed E-state index contributed by atoms with van der Waals surface area (Å²) in [5, 5.41) is 0. The van der Waals surface area contributed by atoms with Gasteiger partial charge in [-0.1, -0.05) is 26.8 Å². The maximum absolute atomic E-state index is 4.44. The fourth-order valence-corrected chi connectivity index (χ4v) is 1.64. The third-order valence-electron chi connectivity index (χ3n) is 2.22. The molecule has 0 N–H and O–H groups in total. The van der Waals surface area contributed by atoms with E-state index in [-0.39, 0.29) is 0 Å². The second-order valence-electron chi connectivity index (χ2n) is 4.92. The molecule has 0 saturated heterocycles. The summed E-state index contributed by atoms with van der Waals surface area (Å²) >= 11 is 0. The Morgan fingerprint density at radius 3 is 2.79 bits per heavy atom. The van der Waals surface area contributed by atoms with E-state index in [1.807, 2.05) is 18.6 Å². The highest BCUT2D eigenvalue weighted by Crippen LogP contribution is 2.22. The molecule has 0 bridgehead atoms. The van der Waals surface area contributed by atoms with Gasteiger partial charge in [-0.2, -0.15) is 0 Å². The topological polar surface area (TPSA) is 17.3 Å². The molecular formula is C12H16N2. The van der Waals surface area contributed by atoms with E-state index in [4.69, 9.17) is 0 Å². The van der Waals surface area contributed by atoms with Crippen molar-refractivity contribution in [2.75, 3.05) is 0 Å². The van der Waals surface area contributed by atoms with Crippen molar-refractivity contribution in [1.29, 1.82) is 0 Å². The lowest BCUT2D eigenvalue weighted by Crippen LogP contribution is -2.09. The molecule has 0 aliphatic carbocycles. The molecule has 2 heterocycles. The first kappa shape index (κ1) is 9.25. The number of rotatable bonds is 1. The molecule has 0 amide bonds. The van der Waals surface area contributed by atoms with Crippen LogP contribution in [0.5, 0.6) is 0 Å². The highest BCUT2D eigenvalue weighted by molar-refractivity contribution is 5.51. The first-order valence-corrected chi connectivity index (χ1v) is 4.97. The Kier molecular flexibility index (Phi) is 2.06. The fourth-order valence-electron chi connectivity index (χ4n) is 1.64. The largest absolute Gasteiger partial charge is 0.306 e. The zero-order chi connectivity index (χ0) is 10.2. The van der Waals surface area contributed by atoms with Crippen molar-refractivity contribution in [1.82, 2.24) is 9.38 Å². The second-order valence-corrected chi connectivity index (χ2v) is 4.92. The van der Waals surface area contributed by atoms with Gasteiger partial charge < -0.3 is 4.40 Å². The van der Waals surface area contributed by atoms with Crippen LogP contribution in [0.2, 0.25) is 0 Å². The van der Waals surface area contributed by atoms with Gasteiger partial charge in [0.2, 0.25) is 0 Å². The first-order chi connectivity index (χ1) is 6.56. The van der Waals surface area contributed by atoms with Crippen LogP contribution in [0.15, 0.2) is 30.7 Å². The van der Waals surface area contributed by atoms with Crippen molar-refractivity contribution in [2.24, 2.45) is 5.41 Å². The van der Waals surface area contributed by atoms with Crippen LogP contribution in [0.25, 0.3) is 5.52 Å². The summed E-state index contributed by atoms with van der Waals surface area (Å²) in [7, 11) is 0. The van der Waals surface area contributed by atoms with Gasteiger partial charge in [0.25, 0.3) is 0 Å². The van der Waals surface area contributed by atoms with Crippen molar-refractivity contribution < 1.29 is 0 Å². The smallest absolute Gasteiger partial charge is 0.0995 e. The molecule has 2 rings (SSSR count). The van der Waals surface area contributed by atoms with Gasteiger partial charge in [0, 0.05) is 6.20 Å². The zero-order valence-electron chi connectivity index (χ0n) is 8.99. The highest BCUT2D eigenvalue weighted by Gasteiger charge is 2.14. The lowest BCUT2D eigenvalue weighted by molar-refractivity contribution is 0.408. The third-order valence-corrected chi connectivity index (χ3v) is 2.22. The minimum atomic E-state index is 0.296. The Morgan fingerprint density at radius 1 is 1.29 bits per heavy atom. The van der Waals surface area contributed by atoms with Gasteiger partial charge >= 0.3 is 0 Å². The maximum atomic E-state index is 4.44. The van der Waals surface area contributed by atoms with Gasteiger partial charge in [-0.3, -0.25) is 0 Å². The third kappa shape index (κ3) is 1.79. The summed E-state index contributed by atoms with van der Waals surface area (Å²) in [6.07, 6.45) is 4.94. The van der Waals surface area contributed by atoms with Crippen LogP contribution in [0, 0.1) is 5.41 Å². The van der Waals surface area contributed by atoms with Gasteiger partial charge in [0.15, 0.2) is 0 Å². The summed E-state index contributed by atoms with van der Waals surface area (Å²) in [4.78, 5) is 4.44. The van der Waals surface area contributed by atoms with Gasteiger partial charge in [0.05, 0.1) is 17.5 Å². The van der Waals surface area contributed by atoms with Crippen LogP contribution in [0.3, 0.4) is 0 Å². The lowest BCUT2D eigenvalue weighted by atomic mass is 9.90. The molecule has 0 fully saturated rings. The number of hydrogen-bond donors (Lipinski definition) is 0. The molecule has 0 aliphatic rings. The summed E-state index contributed by atoms with van der Waals surface area (Å²) in [5.41, 5.74) is 2.71. The first-order valence-electron chi connectivity index (χ1n) is 4.97. The minimum Gasteiger partial charge on any atom is -0.306 e. The number of nitrogens with zero attached hydrogens (tertiary/aromatic N) is 2. The van der Waals surface area contributed by atoms with E-state index in [1.165, 1.54) is 11.2 Å². The molecule has 0 unspecified atom stereocenters. The molecule has 2 aromatic rings. The summed E-state index contributed by atoms with van der Waals surface area (Å²) in [6, 6.07) is 6.20. The van der Waals surface area contributed by atoms with E-state index in [9.17, 15) is 0 Å². The molecule has 0 aliphatic heterocycles. The van der Waals surface area contributed by atoms with E-state index < -0.39 is 0 Å². The molecule has 74 valence electrons. The Morgan fingerprint density at radius 2 is 2.07 bits per heavy atom. The molecule has 0 spiro atoms. The van der Waals surface area contributed by atoms with Crippen molar-refractivity contribution in [3.63, 3.8) is 0 Å². The Balaban J connectivity index is 2.44. The van der Waals surface area contributed by atoms with Crippen LogP contribution < -0.4 is 0 Å². The zero-order valence-corrected chi connectivity index (χ0v) is 8.99. The maximum Gasteiger partial charge on any atom is 0.0995 e. The Hall–Kier alpha value is -1.31. The number of pyridine rings is 1. The van der Waals surface area contributed by atoms with E-state index >= 15 is 0 Å². The monoisotopic (exact) mass is 188 g/mol. The molecule has 14 heavy (non-hydrogen) atoms. The predicted octanol–water partition coefficient (Wildman–Crippen LogP) is 2.92. The highest BCUT2D eigenvalue weighted by atomic mass is 15.0. The quantitative estimate of drug-likeness (QED) is 0.672. The molecule has 0 aromatic carbocycles. The summed E-state index contributed by atoms with van der Waals surface area (Å²) in [5.74, 6) is 0. The molecule has 2 nitrogen and oxygen atoms in total. The summed E-state index contributed by atoms with van der Waals surface area (Å²) < 4.78 is 2.07. The number of imidazole rings is 1. The molecule has 0 atom stereocenters. The van der Waals surface area contributed by atoms with Crippen LogP contribution >= 0.6 is 0 Å². The average molecular weight is 188 g/mol. The fraction of sp³-hybridized carbons (Fsp3) is 0.417. The summed E-state index contributed by atoms with van der Waals surface area (Å²) in [6.45, 7) is 6.71. The molecular weight excluding hydrogens is 172 g/mol. The van der Waals surface area contributed by atoms with Crippen molar-refractivity contribution in [3.05, 3.63) is 36.4 Å². The van der Waals surface area contributed by atoms with Crippen molar-refractivity contribution in [3.8, 4) is 0 Å². The SMILES string of the molecule is CC(C)(C)Cc1ncn2ccccc12.